The maximum atomic E-state index is 13.0. The Labute approximate surface area is 154 Å². The molecule has 1 aliphatic rings. The van der Waals surface area contributed by atoms with Crippen molar-refractivity contribution in [2.45, 2.75) is 26.2 Å². The topological polar surface area (TPSA) is 49.9 Å². The van der Waals surface area contributed by atoms with Gasteiger partial charge in [-0.05, 0) is 41.8 Å². The van der Waals surface area contributed by atoms with Crippen LogP contribution in [0.25, 0.3) is 10.8 Å². The molecule has 0 aliphatic carbocycles. The van der Waals surface area contributed by atoms with Crippen molar-refractivity contribution in [3.63, 3.8) is 0 Å². The molecule has 26 heavy (non-hydrogen) atoms. The second-order valence-electron chi connectivity index (χ2n) is 6.88. The number of amides is 2. The highest BCUT2D eigenvalue weighted by molar-refractivity contribution is 5.88. The Balaban J connectivity index is 1.75. The van der Waals surface area contributed by atoms with Gasteiger partial charge in [-0.3, -0.25) is 9.59 Å². The second-order valence-corrected chi connectivity index (χ2v) is 6.88. The lowest BCUT2D eigenvalue weighted by molar-refractivity contribution is -0.133. The van der Waals surface area contributed by atoms with E-state index in [1.807, 2.05) is 47.1 Å². The summed E-state index contributed by atoms with van der Waals surface area (Å²) in [5.74, 6) is 0.833. The molecule has 1 atom stereocenters. The smallest absolute Gasteiger partial charge is 0.229 e. The lowest BCUT2D eigenvalue weighted by atomic mass is 9.96. The standard InChI is InChI=1S/C21H26N2O3/c1-15(21(25)23-10-4-9-22(11-12-23)16(2)24)17-5-6-19-14-20(26-3)8-7-18(19)13-17/h5-8,13-15H,4,9-12H2,1-3H3/t15-/m0/s1. The van der Waals surface area contributed by atoms with Crippen LogP contribution in [0.1, 0.15) is 31.7 Å². The minimum Gasteiger partial charge on any atom is -0.497 e. The first kappa shape index (κ1) is 18.2. The molecule has 138 valence electrons. The highest BCUT2D eigenvalue weighted by Crippen LogP contribution is 2.26. The van der Waals surface area contributed by atoms with Crippen molar-refractivity contribution < 1.29 is 14.3 Å². The first-order chi connectivity index (χ1) is 12.5. The van der Waals surface area contributed by atoms with Gasteiger partial charge in [0, 0.05) is 33.1 Å². The van der Waals surface area contributed by atoms with Crippen LogP contribution >= 0.6 is 0 Å². The summed E-state index contributed by atoms with van der Waals surface area (Å²) in [5.41, 5.74) is 1.01. The van der Waals surface area contributed by atoms with Crippen LogP contribution in [-0.2, 0) is 9.59 Å². The van der Waals surface area contributed by atoms with Crippen molar-refractivity contribution >= 4 is 22.6 Å². The predicted molar refractivity (Wildman–Crippen MR) is 102 cm³/mol. The molecule has 2 aromatic carbocycles. The van der Waals surface area contributed by atoms with Crippen LogP contribution in [0.5, 0.6) is 5.75 Å². The van der Waals surface area contributed by atoms with Crippen molar-refractivity contribution in [1.82, 2.24) is 9.80 Å². The number of fused-ring (bicyclic) bond motifs is 1. The van der Waals surface area contributed by atoms with Crippen LogP contribution < -0.4 is 4.74 Å². The van der Waals surface area contributed by atoms with Crippen molar-refractivity contribution in [3.8, 4) is 5.75 Å². The molecule has 0 spiro atoms. The zero-order valence-electron chi connectivity index (χ0n) is 15.7. The van der Waals surface area contributed by atoms with E-state index < -0.39 is 0 Å². The van der Waals surface area contributed by atoms with E-state index in [9.17, 15) is 9.59 Å². The van der Waals surface area contributed by atoms with E-state index in [0.717, 1.165) is 35.1 Å². The van der Waals surface area contributed by atoms with Gasteiger partial charge in [-0.15, -0.1) is 0 Å². The molecule has 1 fully saturated rings. The molecular formula is C21H26N2O3. The van der Waals surface area contributed by atoms with E-state index in [-0.39, 0.29) is 17.7 Å². The molecule has 5 nitrogen and oxygen atoms in total. The van der Waals surface area contributed by atoms with Gasteiger partial charge in [-0.2, -0.15) is 0 Å². The van der Waals surface area contributed by atoms with Crippen molar-refractivity contribution in [1.29, 1.82) is 0 Å². The molecule has 0 bridgehead atoms. The fourth-order valence-electron chi connectivity index (χ4n) is 3.51. The van der Waals surface area contributed by atoms with Crippen LogP contribution in [0.15, 0.2) is 36.4 Å². The number of hydrogen-bond donors (Lipinski definition) is 0. The Kier molecular flexibility index (Phi) is 5.45. The monoisotopic (exact) mass is 354 g/mol. The van der Waals surface area contributed by atoms with Gasteiger partial charge in [-0.1, -0.05) is 24.3 Å². The lowest BCUT2D eigenvalue weighted by Gasteiger charge is -2.25. The fourth-order valence-corrected chi connectivity index (χ4v) is 3.51. The van der Waals surface area contributed by atoms with E-state index in [0.29, 0.717) is 19.6 Å². The summed E-state index contributed by atoms with van der Waals surface area (Å²) < 4.78 is 5.27. The first-order valence-corrected chi connectivity index (χ1v) is 9.11. The summed E-state index contributed by atoms with van der Waals surface area (Å²) in [6.07, 6.45) is 0.829. The van der Waals surface area contributed by atoms with E-state index in [2.05, 4.69) is 6.07 Å². The Morgan fingerprint density at radius 1 is 0.962 bits per heavy atom. The quantitative estimate of drug-likeness (QED) is 0.851. The minimum absolute atomic E-state index is 0.0808. The average molecular weight is 354 g/mol. The molecule has 0 radical (unpaired) electrons. The van der Waals surface area contributed by atoms with Gasteiger partial charge in [0.25, 0.3) is 0 Å². The van der Waals surface area contributed by atoms with Crippen LogP contribution in [-0.4, -0.2) is 54.9 Å². The van der Waals surface area contributed by atoms with Crippen LogP contribution in [0.3, 0.4) is 0 Å². The molecule has 1 aliphatic heterocycles. The van der Waals surface area contributed by atoms with Crippen LogP contribution in [0.4, 0.5) is 0 Å². The van der Waals surface area contributed by atoms with E-state index >= 15 is 0 Å². The maximum Gasteiger partial charge on any atom is 0.229 e. The molecule has 1 heterocycles. The predicted octanol–water partition coefficient (Wildman–Crippen LogP) is 3.03. The molecule has 5 heteroatoms. The molecule has 0 aromatic heterocycles. The van der Waals surface area contributed by atoms with Gasteiger partial charge < -0.3 is 14.5 Å². The lowest BCUT2D eigenvalue weighted by Crippen LogP contribution is -2.38. The number of rotatable bonds is 3. The summed E-state index contributed by atoms with van der Waals surface area (Å²) in [5, 5.41) is 2.20. The van der Waals surface area contributed by atoms with Crippen molar-refractivity contribution in [2.75, 3.05) is 33.3 Å². The summed E-state index contributed by atoms with van der Waals surface area (Å²) in [6.45, 7) is 6.20. The normalized spacial score (nSPS) is 16.3. The van der Waals surface area contributed by atoms with Gasteiger partial charge >= 0.3 is 0 Å². The SMILES string of the molecule is COc1ccc2cc([C@H](C)C(=O)N3CCCN(C(C)=O)CC3)ccc2c1. The summed E-state index contributed by atoms with van der Waals surface area (Å²) >= 11 is 0. The molecule has 0 unspecified atom stereocenters. The Morgan fingerprint density at radius 3 is 2.35 bits per heavy atom. The number of benzene rings is 2. The molecular weight excluding hydrogens is 328 g/mol. The number of hydrogen-bond acceptors (Lipinski definition) is 3. The van der Waals surface area contributed by atoms with Gasteiger partial charge in [0.05, 0.1) is 13.0 Å². The van der Waals surface area contributed by atoms with Gasteiger partial charge in [-0.25, -0.2) is 0 Å². The number of nitrogens with zero attached hydrogens (tertiary/aromatic N) is 2. The maximum absolute atomic E-state index is 13.0. The minimum atomic E-state index is -0.203. The van der Waals surface area contributed by atoms with Crippen molar-refractivity contribution in [2.24, 2.45) is 0 Å². The molecule has 1 saturated heterocycles. The second kappa shape index (κ2) is 7.77. The molecule has 0 N–H and O–H groups in total. The Hall–Kier alpha value is -2.56. The van der Waals surface area contributed by atoms with Crippen LogP contribution in [0, 0.1) is 0 Å². The third-order valence-electron chi connectivity index (χ3n) is 5.19. The molecule has 2 aromatic rings. The largest absolute Gasteiger partial charge is 0.497 e. The number of methoxy groups -OCH3 is 1. The zero-order chi connectivity index (χ0) is 18.7. The average Bonchev–Trinajstić information content (AvgIpc) is 2.92. The van der Waals surface area contributed by atoms with E-state index in [1.165, 1.54) is 0 Å². The number of carbonyl (C=O) groups is 2. The highest BCUT2D eigenvalue weighted by atomic mass is 16.5. The van der Waals surface area contributed by atoms with Crippen LogP contribution in [0.2, 0.25) is 0 Å². The molecule has 0 saturated carbocycles. The molecule has 3 rings (SSSR count). The summed E-state index contributed by atoms with van der Waals surface area (Å²) in [4.78, 5) is 28.2. The summed E-state index contributed by atoms with van der Waals surface area (Å²) in [6, 6.07) is 12.1. The molecule has 2 amide bonds. The van der Waals surface area contributed by atoms with Gasteiger partial charge in [0.15, 0.2) is 0 Å². The van der Waals surface area contributed by atoms with E-state index in [1.54, 1.807) is 14.0 Å². The number of ether oxygens (including phenoxy) is 1. The zero-order valence-corrected chi connectivity index (χ0v) is 15.7. The highest BCUT2D eigenvalue weighted by Gasteiger charge is 2.25. The van der Waals surface area contributed by atoms with Gasteiger partial charge in [0.1, 0.15) is 5.75 Å². The van der Waals surface area contributed by atoms with E-state index in [4.69, 9.17) is 4.74 Å². The Bertz CT molecular complexity index is 818. The third kappa shape index (κ3) is 3.82. The Morgan fingerprint density at radius 2 is 1.62 bits per heavy atom. The first-order valence-electron chi connectivity index (χ1n) is 9.11. The fraction of sp³-hybridized carbons (Fsp3) is 0.429. The third-order valence-corrected chi connectivity index (χ3v) is 5.19. The number of carbonyl (C=O) groups excluding carboxylic acids is 2. The van der Waals surface area contributed by atoms with Crippen molar-refractivity contribution in [3.05, 3.63) is 42.0 Å². The summed E-state index contributed by atoms with van der Waals surface area (Å²) in [7, 11) is 1.66. The van der Waals surface area contributed by atoms with Gasteiger partial charge in [0.2, 0.25) is 11.8 Å².